The average Bonchev–Trinajstić information content (AvgIpc) is 2.89. The van der Waals surface area contributed by atoms with E-state index in [1.165, 1.54) is 0 Å². The van der Waals surface area contributed by atoms with Gasteiger partial charge in [0.05, 0.1) is 18.0 Å². The molecule has 3 rings (SSSR count). The van der Waals surface area contributed by atoms with Gasteiger partial charge >= 0.3 is 5.97 Å². The standard InChI is InChI=1S/C15H15NO3/c1-3-18-14(17)15(2)13-9-6-10-16(13)11-7-4-5-8-12(11)19-15/h4-10H,3H2,1-2H3. The molecule has 0 fully saturated rings. The molecule has 1 aromatic carbocycles. The molecular weight excluding hydrogens is 242 g/mol. The zero-order chi connectivity index (χ0) is 13.5. The van der Waals surface area contributed by atoms with Gasteiger partial charge in [-0.1, -0.05) is 12.1 Å². The van der Waals surface area contributed by atoms with Crippen molar-refractivity contribution in [3.8, 4) is 11.4 Å². The Morgan fingerprint density at radius 1 is 1.32 bits per heavy atom. The molecule has 1 aromatic heterocycles. The maximum Gasteiger partial charge on any atom is 0.356 e. The lowest BCUT2D eigenvalue weighted by Gasteiger charge is -2.34. The molecule has 1 unspecified atom stereocenters. The van der Waals surface area contributed by atoms with E-state index < -0.39 is 5.60 Å². The Bertz CT molecular complexity index is 632. The minimum Gasteiger partial charge on any atom is -0.467 e. The van der Waals surface area contributed by atoms with Gasteiger partial charge in [-0.2, -0.15) is 0 Å². The molecule has 0 N–H and O–H groups in total. The number of hydrogen-bond donors (Lipinski definition) is 0. The van der Waals surface area contributed by atoms with Gasteiger partial charge in [0, 0.05) is 6.20 Å². The molecule has 0 saturated carbocycles. The van der Waals surface area contributed by atoms with Gasteiger partial charge in [-0.3, -0.25) is 0 Å². The minimum atomic E-state index is -1.10. The van der Waals surface area contributed by atoms with Crippen LogP contribution in [-0.4, -0.2) is 17.1 Å². The van der Waals surface area contributed by atoms with Crippen LogP contribution >= 0.6 is 0 Å². The maximum atomic E-state index is 12.2. The van der Waals surface area contributed by atoms with Crippen molar-refractivity contribution in [2.45, 2.75) is 19.4 Å². The topological polar surface area (TPSA) is 40.5 Å². The number of esters is 1. The molecule has 1 aliphatic rings. The van der Waals surface area contributed by atoms with E-state index in [2.05, 4.69) is 0 Å². The molecule has 0 bridgehead atoms. The first-order valence-corrected chi connectivity index (χ1v) is 6.30. The summed E-state index contributed by atoms with van der Waals surface area (Å²) in [7, 11) is 0. The highest BCUT2D eigenvalue weighted by Gasteiger charge is 2.45. The van der Waals surface area contributed by atoms with Crippen LogP contribution in [0.1, 0.15) is 19.5 Å². The number of rotatable bonds is 2. The average molecular weight is 257 g/mol. The molecule has 0 radical (unpaired) electrons. The fourth-order valence-corrected chi connectivity index (χ4v) is 2.41. The molecule has 98 valence electrons. The van der Waals surface area contributed by atoms with Crippen molar-refractivity contribution in [3.05, 3.63) is 48.3 Å². The van der Waals surface area contributed by atoms with Crippen LogP contribution in [0.15, 0.2) is 42.6 Å². The summed E-state index contributed by atoms with van der Waals surface area (Å²) < 4.78 is 13.0. The van der Waals surface area contributed by atoms with Crippen LogP contribution in [0, 0.1) is 0 Å². The van der Waals surface area contributed by atoms with E-state index in [1.54, 1.807) is 13.8 Å². The van der Waals surface area contributed by atoms with Crippen molar-refractivity contribution >= 4 is 5.97 Å². The Hall–Kier alpha value is -2.23. The van der Waals surface area contributed by atoms with Crippen LogP contribution in [0.4, 0.5) is 0 Å². The third-order valence-electron chi connectivity index (χ3n) is 3.34. The molecule has 0 saturated heterocycles. The summed E-state index contributed by atoms with van der Waals surface area (Å²) in [6.45, 7) is 3.87. The van der Waals surface area contributed by atoms with Crippen LogP contribution in [0.25, 0.3) is 5.69 Å². The molecule has 2 aromatic rings. The number of aromatic nitrogens is 1. The fraction of sp³-hybridized carbons (Fsp3) is 0.267. The van der Waals surface area contributed by atoms with E-state index in [-0.39, 0.29) is 5.97 Å². The third kappa shape index (κ3) is 1.63. The summed E-state index contributed by atoms with van der Waals surface area (Å²) in [6, 6.07) is 11.4. The number of fused-ring (bicyclic) bond motifs is 3. The van der Waals surface area contributed by atoms with Crippen molar-refractivity contribution in [3.63, 3.8) is 0 Å². The van der Waals surface area contributed by atoms with Crippen LogP contribution in [0.3, 0.4) is 0 Å². The summed E-state index contributed by atoms with van der Waals surface area (Å²) in [6.07, 6.45) is 1.92. The van der Waals surface area contributed by atoms with Crippen molar-refractivity contribution in [1.29, 1.82) is 0 Å². The van der Waals surface area contributed by atoms with E-state index in [9.17, 15) is 4.79 Å². The highest BCUT2D eigenvalue weighted by molar-refractivity contribution is 5.82. The van der Waals surface area contributed by atoms with Gasteiger partial charge in [-0.25, -0.2) is 4.79 Å². The molecule has 4 heteroatoms. The smallest absolute Gasteiger partial charge is 0.356 e. The van der Waals surface area contributed by atoms with Gasteiger partial charge in [0.1, 0.15) is 5.75 Å². The van der Waals surface area contributed by atoms with E-state index in [4.69, 9.17) is 9.47 Å². The molecular formula is C15H15NO3. The predicted molar refractivity (Wildman–Crippen MR) is 70.4 cm³/mol. The summed E-state index contributed by atoms with van der Waals surface area (Å²) in [5, 5.41) is 0. The number of hydrogen-bond acceptors (Lipinski definition) is 3. The van der Waals surface area contributed by atoms with Crippen molar-refractivity contribution < 1.29 is 14.3 Å². The number of carbonyl (C=O) groups excluding carboxylic acids is 1. The number of ether oxygens (including phenoxy) is 2. The zero-order valence-electron chi connectivity index (χ0n) is 10.9. The second kappa shape index (κ2) is 4.16. The van der Waals surface area contributed by atoms with Gasteiger partial charge in [0.25, 0.3) is 0 Å². The van der Waals surface area contributed by atoms with E-state index in [0.29, 0.717) is 12.4 Å². The van der Waals surface area contributed by atoms with Crippen molar-refractivity contribution in [1.82, 2.24) is 4.57 Å². The Morgan fingerprint density at radius 3 is 2.89 bits per heavy atom. The first-order valence-electron chi connectivity index (χ1n) is 6.30. The lowest BCUT2D eigenvalue weighted by atomic mass is 10.00. The van der Waals surface area contributed by atoms with Crippen molar-refractivity contribution in [2.75, 3.05) is 6.61 Å². The van der Waals surface area contributed by atoms with Crippen LogP contribution < -0.4 is 4.74 Å². The van der Waals surface area contributed by atoms with Crippen LogP contribution in [0.2, 0.25) is 0 Å². The highest BCUT2D eigenvalue weighted by Crippen LogP contribution is 2.39. The fourth-order valence-electron chi connectivity index (χ4n) is 2.41. The Morgan fingerprint density at radius 2 is 2.11 bits per heavy atom. The lowest BCUT2D eigenvalue weighted by Crippen LogP contribution is -2.44. The maximum absolute atomic E-state index is 12.2. The third-order valence-corrected chi connectivity index (χ3v) is 3.34. The monoisotopic (exact) mass is 257 g/mol. The molecule has 4 nitrogen and oxygen atoms in total. The normalized spacial score (nSPS) is 20.1. The summed E-state index contributed by atoms with van der Waals surface area (Å²) in [5.41, 5.74) is 0.613. The summed E-state index contributed by atoms with van der Waals surface area (Å²) in [5.74, 6) is 0.311. The largest absolute Gasteiger partial charge is 0.467 e. The van der Waals surface area contributed by atoms with E-state index in [0.717, 1.165) is 11.4 Å². The van der Waals surface area contributed by atoms with Crippen LogP contribution in [0.5, 0.6) is 5.75 Å². The van der Waals surface area contributed by atoms with E-state index >= 15 is 0 Å². The number of benzene rings is 1. The first kappa shape index (κ1) is 11.8. The van der Waals surface area contributed by atoms with Crippen LogP contribution in [-0.2, 0) is 15.1 Å². The SMILES string of the molecule is CCOC(=O)C1(C)Oc2ccccc2-n2cccc21. The Labute approximate surface area is 111 Å². The minimum absolute atomic E-state index is 0.333. The quantitative estimate of drug-likeness (QED) is 0.776. The second-order valence-corrected chi connectivity index (χ2v) is 4.59. The number of para-hydroxylation sites is 2. The zero-order valence-corrected chi connectivity index (χ0v) is 10.9. The molecule has 0 amide bonds. The molecule has 0 aliphatic carbocycles. The van der Waals surface area contributed by atoms with Gasteiger partial charge in [-0.15, -0.1) is 0 Å². The number of nitrogens with zero attached hydrogens (tertiary/aromatic N) is 1. The highest BCUT2D eigenvalue weighted by atomic mass is 16.6. The van der Waals surface area contributed by atoms with Gasteiger partial charge < -0.3 is 14.0 Å². The molecule has 0 spiro atoms. The Balaban J connectivity index is 2.16. The lowest BCUT2D eigenvalue weighted by molar-refractivity contribution is -0.162. The molecule has 2 heterocycles. The summed E-state index contributed by atoms with van der Waals surface area (Å²) in [4.78, 5) is 12.2. The Kier molecular flexibility index (Phi) is 2.59. The van der Waals surface area contributed by atoms with Gasteiger partial charge in [0.15, 0.2) is 0 Å². The number of carbonyl (C=O) groups is 1. The molecule has 19 heavy (non-hydrogen) atoms. The first-order chi connectivity index (χ1) is 9.16. The van der Waals surface area contributed by atoms with Gasteiger partial charge in [0.2, 0.25) is 5.60 Å². The van der Waals surface area contributed by atoms with E-state index in [1.807, 2.05) is 47.2 Å². The molecule has 1 aliphatic heterocycles. The van der Waals surface area contributed by atoms with Crippen molar-refractivity contribution in [2.24, 2.45) is 0 Å². The van der Waals surface area contributed by atoms with Gasteiger partial charge in [-0.05, 0) is 38.1 Å². The molecule has 1 atom stereocenters. The second-order valence-electron chi connectivity index (χ2n) is 4.59. The summed E-state index contributed by atoms with van der Waals surface area (Å²) >= 11 is 0. The predicted octanol–water partition coefficient (Wildman–Crippen LogP) is 2.65.